The van der Waals surface area contributed by atoms with Crippen LogP contribution in [0.25, 0.3) is 0 Å². The zero-order chi connectivity index (χ0) is 17.5. The SMILES string of the molecule is CC(C)(NCc1ccc(B2OC(C)(C)C(C)(C)O2)cc1)C(=O)O. The lowest BCUT2D eigenvalue weighted by atomic mass is 9.79. The van der Waals surface area contributed by atoms with Crippen LogP contribution in [-0.2, 0) is 20.6 Å². The third-order valence-electron chi connectivity index (χ3n) is 4.77. The molecule has 0 radical (unpaired) electrons. The molecule has 1 aromatic rings. The molecule has 1 heterocycles. The van der Waals surface area contributed by atoms with Crippen LogP contribution in [0.1, 0.15) is 47.1 Å². The highest BCUT2D eigenvalue weighted by Gasteiger charge is 2.51. The van der Waals surface area contributed by atoms with E-state index in [1.807, 2.05) is 52.0 Å². The Labute approximate surface area is 138 Å². The summed E-state index contributed by atoms with van der Waals surface area (Å²) in [5.41, 5.74) is 0.307. The van der Waals surface area contributed by atoms with Crippen molar-refractivity contribution in [3.63, 3.8) is 0 Å². The Morgan fingerprint density at radius 1 is 1.13 bits per heavy atom. The van der Waals surface area contributed by atoms with Gasteiger partial charge in [-0.05, 0) is 52.6 Å². The average Bonchev–Trinajstić information content (AvgIpc) is 2.66. The zero-order valence-electron chi connectivity index (χ0n) is 14.8. The first kappa shape index (κ1) is 18.0. The van der Waals surface area contributed by atoms with Gasteiger partial charge in [-0.1, -0.05) is 24.3 Å². The van der Waals surface area contributed by atoms with Crippen LogP contribution in [0.5, 0.6) is 0 Å². The Morgan fingerprint density at radius 2 is 1.61 bits per heavy atom. The molecule has 23 heavy (non-hydrogen) atoms. The molecule has 1 fully saturated rings. The molecule has 0 atom stereocenters. The van der Waals surface area contributed by atoms with Gasteiger partial charge in [-0.3, -0.25) is 10.1 Å². The first-order valence-corrected chi connectivity index (χ1v) is 7.87. The Kier molecular flexibility index (Phi) is 4.63. The molecule has 0 saturated carbocycles. The monoisotopic (exact) mass is 319 g/mol. The summed E-state index contributed by atoms with van der Waals surface area (Å²) in [6, 6.07) is 7.86. The Bertz CT molecular complexity index is 565. The first-order valence-electron chi connectivity index (χ1n) is 7.87. The largest absolute Gasteiger partial charge is 0.494 e. The maximum Gasteiger partial charge on any atom is 0.494 e. The summed E-state index contributed by atoms with van der Waals surface area (Å²) in [6.07, 6.45) is 0. The molecule has 0 bridgehead atoms. The summed E-state index contributed by atoms with van der Waals surface area (Å²) in [5, 5.41) is 12.1. The number of hydrogen-bond donors (Lipinski definition) is 2. The van der Waals surface area contributed by atoms with Crippen molar-refractivity contribution in [1.82, 2.24) is 5.32 Å². The van der Waals surface area contributed by atoms with E-state index >= 15 is 0 Å². The smallest absolute Gasteiger partial charge is 0.480 e. The molecule has 126 valence electrons. The minimum absolute atomic E-state index is 0.358. The summed E-state index contributed by atoms with van der Waals surface area (Å²) < 4.78 is 12.0. The van der Waals surface area contributed by atoms with Crippen molar-refractivity contribution in [2.45, 2.75) is 64.8 Å². The molecule has 5 nitrogen and oxygen atoms in total. The molecule has 0 aliphatic carbocycles. The number of hydrogen-bond acceptors (Lipinski definition) is 4. The number of benzene rings is 1. The minimum atomic E-state index is -0.954. The standard InChI is InChI=1S/C17H26BNO4/c1-15(2,14(20)21)19-11-12-7-9-13(10-8-12)18-22-16(3,4)17(5,6)23-18/h7-10,19H,11H2,1-6H3,(H,20,21). The molecule has 1 aliphatic rings. The third-order valence-corrected chi connectivity index (χ3v) is 4.77. The second kappa shape index (κ2) is 5.93. The Morgan fingerprint density at radius 3 is 2.04 bits per heavy atom. The van der Waals surface area contributed by atoms with E-state index in [1.54, 1.807) is 13.8 Å². The zero-order valence-corrected chi connectivity index (χ0v) is 14.8. The van der Waals surface area contributed by atoms with Crippen LogP contribution in [0.2, 0.25) is 0 Å². The molecule has 0 unspecified atom stereocenters. The van der Waals surface area contributed by atoms with Crippen LogP contribution in [0.15, 0.2) is 24.3 Å². The minimum Gasteiger partial charge on any atom is -0.480 e. The molecular formula is C17H26BNO4. The molecule has 2 rings (SSSR count). The molecule has 0 aromatic heterocycles. The fourth-order valence-corrected chi connectivity index (χ4v) is 2.17. The number of carbonyl (C=O) groups is 1. The fraction of sp³-hybridized carbons (Fsp3) is 0.588. The van der Waals surface area contributed by atoms with Crippen LogP contribution in [-0.4, -0.2) is 34.9 Å². The van der Waals surface area contributed by atoms with Crippen molar-refractivity contribution in [2.24, 2.45) is 0 Å². The fourth-order valence-electron chi connectivity index (χ4n) is 2.17. The number of carboxylic acids is 1. The molecular weight excluding hydrogens is 293 g/mol. The van der Waals surface area contributed by atoms with Crippen molar-refractivity contribution >= 4 is 18.6 Å². The number of aliphatic carboxylic acids is 1. The summed E-state index contributed by atoms with van der Waals surface area (Å²) in [4.78, 5) is 11.1. The Hall–Kier alpha value is -1.37. The first-order chi connectivity index (χ1) is 10.4. The highest BCUT2D eigenvalue weighted by atomic mass is 16.7. The van der Waals surface area contributed by atoms with E-state index in [-0.39, 0.29) is 18.3 Å². The van der Waals surface area contributed by atoms with Crippen LogP contribution in [0.4, 0.5) is 0 Å². The van der Waals surface area contributed by atoms with Crippen LogP contribution >= 0.6 is 0 Å². The van der Waals surface area contributed by atoms with Crippen LogP contribution in [0.3, 0.4) is 0 Å². The second-order valence-electron chi connectivity index (χ2n) is 7.61. The van der Waals surface area contributed by atoms with Gasteiger partial charge >= 0.3 is 13.1 Å². The van der Waals surface area contributed by atoms with Gasteiger partial charge in [-0.15, -0.1) is 0 Å². The van der Waals surface area contributed by atoms with Gasteiger partial charge in [-0.25, -0.2) is 0 Å². The van der Waals surface area contributed by atoms with Crippen LogP contribution < -0.4 is 10.8 Å². The molecule has 0 spiro atoms. The maximum atomic E-state index is 11.1. The quantitative estimate of drug-likeness (QED) is 0.812. The summed E-state index contributed by atoms with van der Waals surface area (Å²) >= 11 is 0. The van der Waals surface area contributed by atoms with E-state index in [1.165, 1.54) is 0 Å². The van der Waals surface area contributed by atoms with Gasteiger partial charge in [0, 0.05) is 6.54 Å². The lowest BCUT2D eigenvalue weighted by Crippen LogP contribution is -2.46. The van der Waals surface area contributed by atoms with E-state index in [9.17, 15) is 4.79 Å². The van der Waals surface area contributed by atoms with Gasteiger partial charge in [-0.2, -0.15) is 0 Å². The summed E-state index contributed by atoms with van der Waals surface area (Å²) in [5.74, 6) is -0.869. The normalized spacial score (nSPS) is 19.8. The lowest BCUT2D eigenvalue weighted by Gasteiger charge is -2.32. The van der Waals surface area contributed by atoms with Gasteiger partial charge in [0.1, 0.15) is 5.54 Å². The molecule has 1 aromatic carbocycles. The average molecular weight is 319 g/mol. The summed E-state index contributed by atoms with van der Waals surface area (Å²) in [7, 11) is -0.377. The topological polar surface area (TPSA) is 67.8 Å². The van der Waals surface area contributed by atoms with Gasteiger partial charge in [0.15, 0.2) is 0 Å². The molecule has 1 saturated heterocycles. The van der Waals surface area contributed by atoms with Crippen molar-refractivity contribution in [2.75, 3.05) is 0 Å². The number of nitrogens with one attached hydrogen (secondary N) is 1. The summed E-state index contributed by atoms with van der Waals surface area (Å²) in [6.45, 7) is 11.9. The molecule has 2 N–H and O–H groups in total. The van der Waals surface area contributed by atoms with Gasteiger partial charge in [0.2, 0.25) is 0 Å². The predicted octanol–water partition coefficient (Wildman–Crippen LogP) is 1.94. The molecule has 1 aliphatic heterocycles. The van der Waals surface area contributed by atoms with Crippen molar-refractivity contribution in [3.05, 3.63) is 29.8 Å². The number of carboxylic acid groups (broad SMARTS) is 1. The highest BCUT2D eigenvalue weighted by Crippen LogP contribution is 2.36. The second-order valence-corrected chi connectivity index (χ2v) is 7.61. The van der Waals surface area contributed by atoms with Crippen LogP contribution in [0, 0.1) is 0 Å². The number of rotatable bonds is 5. The van der Waals surface area contributed by atoms with E-state index in [0.717, 1.165) is 11.0 Å². The molecule has 0 amide bonds. The van der Waals surface area contributed by atoms with E-state index < -0.39 is 11.5 Å². The van der Waals surface area contributed by atoms with Crippen molar-refractivity contribution in [1.29, 1.82) is 0 Å². The lowest BCUT2D eigenvalue weighted by molar-refractivity contribution is -0.143. The van der Waals surface area contributed by atoms with Crippen molar-refractivity contribution in [3.8, 4) is 0 Å². The molecule has 6 heteroatoms. The Balaban J connectivity index is 2.02. The highest BCUT2D eigenvalue weighted by molar-refractivity contribution is 6.62. The van der Waals surface area contributed by atoms with Gasteiger partial charge in [0.05, 0.1) is 11.2 Å². The van der Waals surface area contributed by atoms with E-state index in [4.69, 9.17) is 14.4 Å². The third kappa shape index (κ3) is 3.76. The maximum absolute atomic E-state index is 11.1. The van der Waals surface area contributed by atoms with E-state index in [2.05, 4.69) is 5.32 Å². The van der Waals surface area contributed by atoms with E-state index in [0.29, 0.717) is 6.54 Å². The van der Waals surface area contributed by atoms with Crippen molar-refractivity contribution < 1.29 is 19.2 Å². The predicted molar refractivity (Wildman–Crippen MR) is 90.7 cm³/mol. The van der Waals surface area contributed by atoms with Gasteiger partial charge < -0.3 is 14.4 Å². The van der Waals surface area contributed by atoms with Gasteiger partial charge in [0.25, 0.3) is 0 Å².